The Kier molecular flexibility index (Phi) is 4.47. The Morgan fingerprint density at radius 2 is 2.06 bits per heavy atom. The van der Waals surface area contributed by atoms with Gasteiger partial charge in [0.25, 0.3) is 9.05 Å². The molecule has 0 atom stereocenters. The van der Waals surface area contributed by atoms with Crippen molar-refractivity contribution in [3.63, 3.8) is 0 Å². The summed E-state index contributed by atoms with van der Waals surface area (Å²) in [5, 5.41) is 0.236. The van der Waals surface area contributed by atoms with Crippen molar-refractivity contribution in [3.8, 4) is 5.75 Å². The molecule has 1 aliphatic rings. The van der Waals surface area contributed by atoms with E-state index in [1.165, 1.54) is 18.9 Å². The second kappa shape index (κ2) is 5.57. The Bertz CT molecular complexity index is 556. The van der Waals surface area contributed by atoms with E-state index in [1.54, 1.807) is 6.07 Å². The molecule has 0 amide bonds. The molecule has 0 spiro atoms. The molecule has 1 fully saturated rings. The van der Waals surface area contributed by atoms with Crippen molar-refractivity contribution in [2.24, 2.45) is 5.92 Å². The highest BCUT2D eigenvalue weighted by atomic mass is 79.9. The quantitative estimate of drug-likeness (QED) is 0.726. The SMILES string of the molecule is O=S(=O)(Cl)c1cc(Br)cc(Cl)c1OCCC1CC1. The summed E-state index contributed by atoms with van der Waals surface area (Å²) < 4.78 is 29.0. The second-order valence-corrected chi connectivity index (χ2v) is 8.09. The Labute approximate surface area is 124 Å². The fourth-order valence-corrected chi connectivity index (χ4v) is 3.67. The molecule has 0 radical (unpaired) electrons. The largest absolute Gasteiger partial charge is 0.491 e. The van der Waals surface area contributed by atoms with Crippen LogP contribution >= 0.6 is 38.2 Å². The van der Waals surface area contributed by atoms with Crippen molar-refractivity contribution in [1.29, 1.82) is 0 Å². The van der Waals surface area contributed by atoms with Crippen LogP contribution in [0.2, 0.25) is 5.02 Å². The summed E-state index contributed by atoms with van der Waals surface area (Å²) >= 11 is 9.17. The maximum absolute atomic E-state index is 11.5. The average molecular weight is 374 g/mol. The van der Waals surface area contributed by atoms with E-state index in [2.05, 4.69) is 15.9 Å². The highest BCUT2D eigenvalue weighted by molar-refractivity contribution is 9.10. The molecule has 0 N–H and O–H groups in total. The third-order valence-corrected chi connectivity index (χ3v) is 4.77. The van der Waals surface area contributed by atoms with Gasteiger partial charge in [0.2, 0.25) is 0 Å². The van der Waals surface area contributed by atoms with Crippen LogP contribution in [-0.4, -0.2) is 15.0 Å². The molecule has 7 heteroatoms. The summed E-state index contributed by atoms with van der Waals surface area (Å²) in [6.45, 7) is 0.450. The predicted molar refractivity (Wildman–Crippen MR) is 75.0 cm³/mol. The average Bonchev–Trinajstić information content (AvgIpc) is 3.03. The van der Waals surface area contributed by atoms with Gasteiger partial charge in [0.1, 0.15) is 4.90 Å². The lowest BCUT2D eigenvalue weighted by Gasteiger charge is -2.11. The summed E-state index contributed by atoms with van der Waals surface area (Å²) in [5.41, 5.74) is 0. The van der Waals surface area contributed by atoms with E-state index in [0.29, 0.717) is 17.0 Å². The molecule has 0 saturated heterocycles. The normalized spacial score (nSPS) is 15.7. The lowest BCUT2D eigenvalue weighted by Crippen LogP contribution is -2.03. The maximum atomic E-state index is 11.5. The van der Waals surface area contributed by atoms with Crippen LogP contribution in [0.4, 0.5) is 0 Å². The van der Waals surface area contributed by atoms with Crippen LogP contribution in [0.3, 0.4) is 0 Å². The molecule has 0 heterocycles. The summed E-state index contributed by atoms with van der Waals surface area (Å²) in [6.07, 6.45) is 3.35. The summed E-state index contributed by atoms with van der Waals surface area (Å²) in [7, 11) is 1.49. The third-order valence-electron chi connectivity index (χ3n) is 2.71. The molecular weight excluding hydrogens is 363 g/mol. The maximum Gasteiger partial charge on any atom is 0.265 e. The minimum absolute atomic E-state index is 0.0978. The Balaban J connectivity index is 2.25. The molecule has 1 aromatic carbocycles. The molecule has 1 aliphatic carbocycles. The lowest BCUT2D eigenvalue weighted by molar-refractivity contribution is 0.295. The van der Waals surface area contributed by atoms with Gasteiger partial charge < -0.3 is 4.74 Å². The first-order chi connectivity index (χ1) is 8.38. The van der Waals surface area contributed by atoms with Gasteiger partial charge in [0, 0.05) is 15.2 Å². The fourth-order valence-electron chi connectivity index (χ4n) is 1.59. The number of halogens is 3. The van der Waals surface area contributed by atoms with Crippen molar-refractivity contribution in [3.05, 3.63) is 21.6 Å². The zero-order chi connectivity index (χ0) is 13.3. The highest BCUT2D eigenvalue weighted by Gasteiger charge is 2.23. The first-order valence-electron chi connectivity index (χ1n) is 5.44. The molecule has 3 nitrogen and oxygen atoms in total. The Morgan fingerprint density at radius 3 is 2.61 bits per heavy atom. The van der Waals surface area contributed by atoms with Crippen LogP contribution in [0.25, 0.3) is 0 Å². The molecule has 2 rings (SSSR count). The molecule has 0 unspecified atom stereocenters. The molecule has 18 heavy (non-hydrogen) atoms. The van der Waals surface area contributed by atoms with Crippen molar-refractivity contribution < 1.29 is 13.2 Å². The molecule has 100 valence electrons. The Morgan fingerprint density at radius 1 is 1.39 bits per heavy atom. The standard InChI is InChI=1S/C11H11BrCl2O3S/c12-8-5-9(13)11(10(6-8)18(14,15)16)17-4-3-7-1-2-7/h5-7H,1-4H2. The third kappa shape index (κ3) is 3.76. The van der Waals surface area contributed by atoms with Crippen LogP contribution in [0.15, 0.2) is 21.5 Å². The minimum Gasteiger partial charge on any atom is -0.491 e. The predicted octanol–water partition coefficient (Wildman–Crippen LogP) is 4.21. The number of ether oxygens (including phenoxy) is 1. The molecule has 0 aromatic heterocycles. The lowest BCUT2D eigenvalue weighted by atomic mass is 10.3. The molecule has 0 aliphatic heterocycles. The van der Waals surface area contributed by atoms with Crippen LogP contribution in [0.1, 0.15) is 19.3 Å². The number of benzene rings is 1. The van der Waals surface area contributed by atoms with Crippen molar-refractivity contribution in [2.45, 2.75) is 24.2 Å². The zero-order valence-electron chi connectivity index (χ0n) is 9.33. The molecular formula is C11H11BrCl2O3S. The van der Waals surface area contributed by atoms with E-state index >= 15 is 0 Å². The van der Waals surface area contributed by atoms with Gasteiger partial charge in [-0.2, -0.15) is 0 Å². The first kappa shape index (κ1) is 14.4. The first-order valence-corrected chi connectivity index (χ1v) is 8.92. The van der Waals surface area contributed by atoms with E-state index in [9.17, 15) is 8.42 Å². The minimum atomic E-state index is -3.88. The summed E-state index contributed by atoms with van der Waals surface area (Å²) in [5.74, 6) is 0.839. The highest BCUT2D eigenvalue weighted by Crippen LogP contribution is 2.38. The van der Waals surface area contributed by atoms with Gasteiger partial charge in [-0.3, -0.25) is 0 Å². The van der Waals surface area contributed by atoms with Crippen molar-refractivity contribution >= 4 is 47.3 Å². The van der Waals surface area contributed by atoms with Crippen molar-refractivity contribution in [2.75, 3.05) is 6.61 Å². The van der Waals surface area contributed by atoms with Crippen LogP contribution in [-0.2, 0) is 9.05 Å². The van der Waals surface area contributed by atoms with Gasteiger partial charge in [-0.1, -0.05) is 40.4 Å². The van der Waals surface area contributed by atoms with E-state index < -0.39 is 9.05 Å². The summed E-state index contributed by atoms with van der Waals surface area (Å²) in [4.78, 5) is -0.0978. The fraction of sp³-hybridized carbons (Fsp3) is 0.455. The Hall–Kier alpha value is 0.0300. The van der Waals surface area contributed by atoms with Gasteiger partial charge in [0.05, 0.1) is 11.6 Å². The number of rotatable bonds is 5. The van der Waals surface area contributed by atoms with E-state index in [4.69, 9.17) is 27.0 Å². The number of hydrogen-bond donors (Lipinski definition) is 0. The molecule has 1 saturated carbocycles. The zero-order valence-corrected chi connectivity index (χ0v) is 13.2. The van der Waals surface area contributed by atoms with Crippen molar-refractivity contribution in [1.82, 2.24) is 0 Å². The van der Waals surface area contributed by atoms with Crippen LogP contribution in [0, 0.1) is 5.92 Å². The smallest absolute Gasteiger partial charge is 0.265 e. The van der Waals surface area contributed by atoms with Gasteiger partial charge in [-0.25, -0.2) is 8.42 Å². The van der Waals surface area contributed by atoms with Gasteiger partial charge >= 0.3 is 0 Å². The van der Waals surface area contributed by atoms with Gasteiger partial charge in [-0.05, 0) is 24.5 Å². The summed E-state index contributed by atoms with van der Waals surface area (Å²) in [6, 6.07) is 2.97. The van der Waals surface area contributed by atoms with E-state index in [0.717, 1.165) is 6.42 Å². The van der Waals surface area contributed by atoms with Crippen LogP contribution < -0.4 is 4.74 Å². The van der Waals surface area contributed by atoms with Gasteiger partial charge in [-0.15, -0.1) is 0 Å². The van der Waals surface area contributed by atoms with E-state index in [-0.39, 0.29) is 15.7 Å². The van der Waals surface area contributed by atoms with Crippen LogP contribution in [0.5, 0.6) is 5.75 Å². The topological polar surface area (TPSA) is 43.4 Å². The monoisotopic (exact) mass is 372 g/mol. The number of hydrogen-bond acceptors (Lipinski definition) is 3. The van der Waals surface area contributed by atoms with E-state index in [1.807, 2.05) is 0 Å². The molecule has 1 aromatic rings. The van der Waals surface area contributed by atoms with Gasteiger partial charge in [0.15, 0.2) is 5.75 Å². The second-order valence-electron chi connectivity index (χ2n) is 4.23. The molecule has 0 bridgehead atoms.